The van der Waals surface area contributed by atoms with Crippen molar-refractivity contribution in [3.8, 4) is 0 Å². The predicted molar refractivity (Wildman–Crippen MR) is 83.4 cm³/mol. The SMILES string of the molecule is O=C(O)CC[PH+](c1ccccc1)c1ccccc1.[Cl][Au]. The van der Waals surface area contributed by atoms with Gasteiger partial charge in [0.2, 0.25) is 0 Å². The molecule has 0 saturated heterocycles. The summed E-state index contributed by atoms with van der Waals surface area (Å²) in [4.78, 5) is 10.8. The van der Waals surface area contributed by atoms with Gasteiger partial charge in [-0.1, -0.05) is 36.4 Å². The Morgan fingerprint density at radius 3 is 1.70 bits per heavy atom. The monoisotopic (exact) mass is 491 g/mol. The standard InChI is InChI=1S/C15H15O2P.Au.ClH/c16-15(17)11-12-18(13-7-3-1-4-8-13)14-9-5-2-6-10-14;;/h1-10H,11-12H2,(H,16,17);;1H/q;+1;. The summed E-state index contributed by atoms with van der Waals surface area (Å²) in [6.45, 7) is 0. The molecule has 0 amide bonds. The molecular formula is C15H16AuClO2P+. The average molecular weight is 492 g/mol. The van der Waals surface area contributed by atoms with Crippen LogP contribution in [0, 0.1) is 0 Å². The molecule has 0 atom stereocenters. The van der Waals surface area contributed by atoms with Gasteiger partial charge in [0.1, 0.15) is 0 Å². The normalized spacial score (nSPS) is 9.80. The first-order chi connectivity index (χ1) is 9.77. The quantitative estimate of drug-likeness (QED) is 0.516. The molecule has 2 nitrogen and oxygen atoms in total. The van der Waals surface area contributed by atoms with Gasteiger partial charge in [0, 0.05) is 0 Å². The van der Waals surface area contributed by atoms with Crippen molar-refractivity contribution in [3.63, 3.8) is 0 Å². The van der Waals surface area contributed by atoms with Crippen molar-refractivity contribution in [1.29, 1.82) is 0 Å². The van der Waals surface area contributed by atoms with Gasteiger partial charge in [0.05, 0.1) is 31.1 Å². The third-order valence-corrected chi connectivity index (χ3v) is 5.64. The van der Waals surface area contributed by atoms with Gasteiger partial charge in [-0.05, 0) is 24.3 Å². The second-order valence-electron chi connectivity index (χ2n) is 4.10. The van der Waals surface area contributed by atoms with Gasteiger partial charge in [-0.15, -0.1) is 0 Å². The van der Waals surface area contributed by atoms with Crippen LogP contribution in [0.5, 0.6) is 0 Å². The Labute approximate surface area is 136 Å². The number of carboxylic acid groups (broad SMARTS) is 1. The van der Waals surface area contributed by atoms with Crippen LogP contribution < -0.4 is 10.6 Å². The fourth-order valence-electron chi connectivity index (χ4n) is 1.97. The Hall–Kier alpha value is -0.630. The average Bonchev–Trinajstić information content (AvgIpc) is 2.51. The van der Waals surface area contributed by atoms with E-state index in [0.717, 1.165) is 6.16 Å². The Bertz CT molecular complexity index is 468. The van der Waals surface area contributed by atoms with Crippen molar-refractivity contribution in [3.05, 3.63) is 60.7 Å². The maximum absolute atomic E-state index is 10.8. The molecule has 0 spiro atoms. The molecule has 110 valence electrons. The number of aliphatic carboxylic acids is 1. The van der Waals surface area contributed by atoms with Gasteiger partial charge in [0.15, 0.2) is 0 Å². The molecular weight excluding hydrogens is 476 g/mol. The third kappa shape index (κ3) is 5.78. The van der Waals surface area contributed by atoms with Crippen molar-refractivity contribution >= 4 is 33.7 Å². The number of benzene rings is 2. The summed E-state index contributed by atoms with van der Waals surface area (Å²) < 4.78 is 0. The first kappa shape index (κ1) is 17.4. The second kappa shape index (κ2) is 10.1. The van der Waals surface area contributed by atoms with Crippen molar-refractivity contribution < 1.29 is 29.9 Å². The van der Waals surface area contributed by atoms with Crippen LogP contribution in [0.1, 0.15) is 6.42 Å². The number of rotatable bonds is 5. The zero-order valence-corrected chi connectivity index (χ0v) is 14.6. The van der Waals surface area contributed by atoms with Gasteiger partial charge in [-0.2, -0.15) is 0 Å². The van der Waals surface area contributed by atoms with E-state index in [9.17, 15) is 4.79 Å². The van der Waals surface area contributed by atoms with E-state index in [-0.39, 0.29) is 6.42 Å². The zero-order valence-electron chi connectivity index (χ0n) is 10.7. The van der Waals surface area contributed by atoms with Crippen LogP contribution in [0.25, 0.3) is 0 Å². The van der Waals surface area contributed by atoms with Gasteiger partial charge < -0.3 is 5.11 Å². The van der Waals surface area contributed by atoms with Gasteiger partial charge >= 0.3 is 35.1 Å². The third-order valence-electron chi connectivity index (χ3n) is 2.83. The zero-order chi connectivity index (χ0) is 14.8. The molecule has 0 saturated carbocycles. The molecule has 0 radical (unpaired) electrons. The van der Waals surface area contributed by atoms with Crippen molar-refractivity contribution in [2.45, 2.75) is 6.42 Å². The van der Waals surface area contributed by atoms with E-state index in [2.05, 4.69) is 33.5 Å². The van der Waals surface area contributed by atoms with Crippen LogP contribution in [0.3, 0.4) is 0 Å². The Morgan fingerprint density at radius 1 is 0.950 bits per heavy atom. The molecule has 0 heterocycles. The van der Waals surface area contributed by atoms with E-state index >= 15 is 0 Å². The van der Waals surface area contributed by atoms with Crippen LogP contribution in [-0.4, -0.2) is 17.2 Å². The summed E-state index contributed by atoms with van der Waals surface area (Å²) >= 11 is 1.75. The number of hydrogen-bond acceptors (Lipinski definition) is 1. The fourth-order valence-corrected chi connectivity index (χ4v) is 4.53. The van der Waals surface area contributed by atoms with Crippen LogP contribution in [0.4, 0.5) is 0 Å². The second-order valence-corrected chi connectivity index (χ2v) is 6.72. The number of carboxylic acids is 1. The molecule has 20 heavy (non-hydrogen) atoms. The summed E-state index contributed by atoms with van der Waals surface area (Å²) in [5.74, 6) is -0.718. The topological polar surface area (TPSA) is 37.3 Å². The van der Waals surface area contributed by atoms with Crippen molar-refractivity contribution in [2.75, 3.05) is 6.16 Å². The first-order valence-electron chi connectivity index (χ1n) is 6.07. The fraction of sp³-hybridized carbons (Fsp3) is 0.133. The van der Waals surface area contributed by atoms with E-state index in [1.165, 1.54) is 10.6 Å². The van der Waals surface area contributed by atoms with E-state index in [0.29, 0.717) is 0 Å². The molecule has 0 aromatic heterocycles. The molecule has 5 heteroatoms. The summed E-state index contributed by atoms with van der Waals surface area (Å²) in [5.41, 5.74) is 0. The Kier molecular flexibility index (Phi) is 8.84. The molecule has 0 fully saturated rings. The summed E-state index contributed by atoms with van der Waals surface area (Å²) in [7, 11) is 3.61. The molecule has 2 rings (SSSR count). The minimum atomic E-state index is -0.976. The van der Waals surface area contributed by atoms with Crippen LogP contribution in [-0.2, 0) is 24.8 Å². The molecule has 2 aromatic rings. The van der Waals surface area contributed by atoms with E-state index in [1.807, 2.05) is 36.4 Å². The first-order valence-corrected chi connectivity index (χ1v) is 10.5. The molecule has 0 bridgehead atoms. The Balaban J connectivity index is 0.000000956. The molecule has 0 aliphatic rings. The molecule has 0 unspecified atom stereocenters. The van der Waals surface area contributed by atoms with Crippen molar-refractivity contribution in [1.82, 2.24) is 0 Å². The summed E-state index contributed by atoms with van der Waals surface area (Å²) in [6, 6.07) is 20.5. The van der Waals surface area contributed by atoms with Gasteiger partial charge in [0.25, 0.3) is 0 Å². The molecule has 1 N–H and O–H groups in total. The van der Waals surface area contributed by atoms with E-state index in [1.54, 1.807) is 20.0 Å². The number of hydrogen-bond donors (Lipinski definition) is 1. The van der Waals surface area contributed by atoms with Gasteiger partial charge in [-0.3, -0.25) is 4.79 Å². The maximum atomic E-state index is 10.8. The molecule has 2 aromatic carbocycles. The summed E-state index contributed by atoms with van der Waals surface area (Å²) in [5, 5.41) is 11.4. The van der Waals surface area contributed by atoms with Crippen LogP contribution in [0.2, 0.25) is 0 Å². The van der Waals surface area contributed by atoms with Crippen molar-refractivity contribution in [2.24, 2.45) is 0 Å². The summed E-state index contributed by atoms with van der Waals surface area (Å²) in [6.07, 6.45) is 0.964. The molecule has 0 aliphatic heterocycles. The van der Waals surface area contributed by atoms with E-state index < -0.39 is 13.9 Å². The Morgan fingerprint density at radius 2 is 1.35 bits per heavy atom. The number of carbonyl (C=O) groups is 1. The van der Waals surface area contributed by atoms with E-state index in [4.69, 9.17) is 5.11 Å². The van der Waals surface area contributed by atoms with Crippen LogP contribution in [0.15, 0.2) is 60.7 Å². The number of halogens is 1. The van der Waals surface area contributed by atoms with Gasteiger partial charge in [-0.25, -0.2) is 0 Å². The van der Waals surface area contributed by atoms with Crippen LogP contribution >= 0.6 is 17.1 Å². The minimum absolute atomic E-state index is 0.234. The molecule has 0 aliphatic carbocycles. The predicted octanol–water partition coefficient (Wildman–Crippen LogP) is 3.01.